The summed E-state index contributed by atoms with van der Waals surface area (Å²) in [5.41, 5.74) is 21.9. The summed E-state index contributed by atoms with van der Waals surface area (Å²) in [5.74, 6) is 1.95. The Hall–Kier alpha value is -8.87. The van der Waals surface area contributed by atoms with Crippen LogP contribution in [0.5, 0.6) is 0 Å². The van der Waals surface area contributed by atoms with E-state index in [4.69, 9.17) is 25.7 Å². The molecule has 0 saturated heterocycles. The first kappa shape index (κ1) is 40.9. The van der Waals surface area contributed by atoms with Crippen LogP contribution in [0.15, 0.2) is 231 Å². The number of rotatable bonds is 10. The van der Waals surface area contributed by atoms with E-state index < -0.39 is 0 Å². The molecular weight excluding hydrogens is 817 g/mol. The summed E-state index contributed by atoms with van der Waals surface area (Å²) in [7, 11) is 0. The predicted molar refractivity (Wildman–Crippen MR) is 276 cm³/mol. The number of anilines is 1. The van der Waals surface area contributed by atoms with Crippen molar-refractivity contribution < 1.29 is 0 Å². The summed E-state index contributed by atoms with van der Waals surface area (Å²) >= 11 is 0. The summed E-state index contributed by atoms with van der Waals surface area (Å²) in [6.45, 7) is 2.23. The van der Waals surface area contributed by atoms with Crippen LogP contribution >= 0.6 is 0 Å². The largest absolute Gasteiger partial charge is 0.396 e. The van der Waals surface area contributed by atoms with Crippen molar-refractivity contribution in [3.63, 3.8) is 0 Å². The van der Waals surface area contributed by atoms with Crippen LogP contribution in [-0.2, 0) is 0 Å². The maximum absolute atomic E-state index is 7.12. The van der Waals surface area contributed by atoms with E-state index in [1.807, 2.05) is 67.0 Å². The molecule has 318 valence electrons. The molecule has 0 aliphatic rings. The van der Waals surface area contributed by atoms with Crippen molar-refractivity contribution in [2.75, 3.05) is 5.73 Å². The lowest BCUT2D eigenvalue weighted by Crippen LogP contribution is -2.01. The van der Waals surface area contributed by atoms with Crippen LogP contribution in [0.25, 0.3) is 94.9 Å². The average molecular weight is 861 g/mol. The summed E-state index contributed by atoms with van der Waals surface area (Å²) in [6, 6.07) is 73.3. The zero-order chi connectivity index (χ0) is 45.1. The van der Waals surface area contributed by atoms with Crippen LogP contribution in [0.2, 0.25) is 0 Å². The molecule has 1 atom stereocenters. The third-order valence-corrected chi connectivity index (χ3v) is 12.5. The van der Waals surface area contributed by atoms with Gasteiger partial charge in [0.2, 0.25) is 0 Å². The van der Waals surface area contributed by atoms with E-state index in [-0.39, 0.29) is 5.92 Å². The maximum Gasteiger partial charge on any atom is 0.164 e. The van der Waals surface area contributed by atoms with Crippen LogP contribution in [0.4, 0.5) is 5.69 Å². The maximum atomic E-state index is 7.12. The quantitative estimate of drug-likeness (QED) is 0.138. The monoisotopic (exact) mass is 860 g/mol. The average Bonchev–Trinajstić information content (AvgIpc) is 3.41. The van der Waals surface area contributed by atoms with Gasteiger partial charge in [0, 0.05) is 51.0 Å². The molecule has 3 heterocycles. The Bertz CT molecular complexity index is 3570. The minimum atomic E-state index is 0.131. The molecule has 0 spiro atoms. The predicted octanol–water partition coefficient (Wildman–Crippen LogP) is 14.8. The molecule has 0 aliphatic heterocycles. The van der Waals surface area contributed by atoms with Crippen LogP contribution in [0.1, 0.15) is 29.5 Å². The van der Waals surface area contributed by atoms with Crippen molar-refractivity contribution in [3.05, 3.63) is 247 Å². The second kappa shape index (κ2) is 18.0. The Morgan fingerprint density at radius 1 is 0.463 bits per heavy atom. The van der Waals surface area contributed by atoms with Crippen molar-refractivity contribution in [1.82, 2.24) is 24.9 Å². The zero-order valence-corrected chi connectivity index (χ0v) is 36.8. The van der Waals surface area contributed by atoms with E-state index in [1.54, 1.807) is 0 Å². The summed E-state index contributed by atoms with van der Waals surface area (Å²) in [4.78, 5) is 24.7. The van der Waals surface area contributed by atoms with Gasteiger partial charge in [-0.15, -0.1) is 0 Å². The van der Waals surface area contributed by atoms with Crippen molar-refractivity contribution in [2.45, 2.75) is 12.8 Å². The highest BCUT2D eigenvalue weighted by molar-refractivity contribution is 6.00. The number of nitrogens with zero attached hydrogens (tertiary/aromatic N) is 5. The number of hydrogen-bond acceptors (Lipinski definition) is 6. The normalized spacial score (nSPS) is 12.0. The van der Waals surface area contributed by atoms with E-state index in [2.05, 4.69) is 176 Å². The van der Waals surface area contributed by atoms with Crippen LogP contribution in [0, 0.1) is 0 Å². The molecular formula is C61H44N6. The standard InChI is InChI=1S/C61H44N6/c1-40(41-13-5-2-6-14-41)37-54(53-33-31-47-32-34-56(64-58(47)57(53)62)46-15-7-3-8-16-46)45-27-23-42(24-28-45)43-25-29-49(30-26-43)60-65-59(48-17-9-4-10-18-48)66-61(67-60)51-21-11-20-50(38-51)52-22-12-19-44-35-36-63-39-55(44)52/h2-40H,62H2,1H3/b54-37-. The highest BCUT2D eigenvalue weighted by atomic mass is 15.0. The molecule has 0 saturated carbocycles. The Morgan fingerprint density at radius 3 is 1.75 bits per heavy atom. The van der Waals surface area contributed by atoms with E-state index in [1.165, 1.54) is 5.56 Å². The number of pyridine rings is 2. The van der Waals surface area contributed by atoms with Gasteiger partial charge in [0.1, 0.15) is 0 Å². The van der Waals surface area contributed by atoms with Crippen LogP contribution in [0.3, 0.4) is 0 Å². The SMILES string of the molecule is CC(/C=C(/c1ccc(-c2ccc(-c3nc(-c4ccccc4)nc(-c4cccc(-c5cccc6ccncc56)c4)n3)cc2)cc1)c1ccc2ccc(-c3ccccc3)nc2c1N)c1ccccc1. The smallest absolute Gasteiger partial charge is 0.164 e. The molecule has 11 rings (SSSR count). The van der Waals surface area contributed by atoms with Gasteiger partial charge < -0.3 is 5.73 Å². The van der Waals surface area contributed by atoms with Crippen LogP contribution < -0.4 is 5.73 Å². The molecule has 6 heteroatoms. The van der Waals surface area contributed by atoms with Gasteiger partial charge >= 0.3 is 0 Å². The third kappa shape index (κ3) is 8.36. The molecule has 0 amide bonds. The topological polar surface area (TPSA) is 90.5 Å². The van der Waals surface area contributed by atoms with Gasteiger partial charge in [-0.3, -0.25) is 4.98 Å². The van der Waals surface area contributed by atoms with E-state index in [9.17, 15) is 0 Å². The minimum Gasteiger partial charge on any atom is -0.396 e. The molecule has 1 unspecified atom stereocenters. The van der Waals surface area contributed by atoms with Crippen molar-refractivity contribution in [3.8, 4) is 67.7 Å². The first-order valence-electron chi connectivity index (χ1n) is 22.5. The summed E-state index contributed by atoms with van der Waals surface area (Å²) < 4.78 is 0. The summed E-state index contributed by atoms with van der Waals surface area (Å²) in [5, 5.41) is 3.24. The number of allylic oxidation sites excluding steroid dienone is 1. The lowest BCUT2D eigenvalue weighted by Gasteiger charge is -2.17. The molecule has 0 radical (unpaired) electrons. The fourth-order valence-electron chi connectivity index (χ4n) is 8.85. The Balaban J connectivity index is 0.934. The minimum absolute atomic E-state index is 0.131. The van der Waals surface area contributed by atoms with E-state index in [0.29, 0.717) is 23.2 Å². The van der Waals surface area contributed by atoms with Gasteiger partial charge in [0.25, 0.3) is 0 Å². The number of hydrogen-bond donors (Lipinski definition) is 1. The lowest BCUT2D eigenvalue weighted by molar-refractivity contribution is 0.969. The first-order chi connectivity index (χ1) is 33.0. The molecule has 0 bridgehead atoms. The van der Waals surface area contributed by atoms with Gasteiger partial charge in [-0.2, -0.15) is 0 Å². The Kier molecular flexibility index (Phi) is 11.0. The number of fused-ring (bicyclic) bond motifs is 2. The fourth-order valence-corrected chi connectivity index (χ4v) is 8.85. The third-order valence-electron chi connectivity index (χ3n) is 12.5. The lowest BCUT2D eigenvalue weighted by atomic mass is 9.89. The molecule has 2 N–H and O–H groups in total. The van der Waals surface area contributed by atoms with Gasteiger partial charge in [0.05, 0.1) is 16.9 Å². The Labute approximate surface area is 389 Å². The van der Waals surface area contributed by atoms with Gasteiger partial charge in [-0.1, -0.05) is 207 Å². The highest BCUT2D eigenvalue weighted by Crippen LogP contribution is 2.38. The first-order valence-corrected chi connectivity index (χ1v) is 22.5. The molecule has 0 aliphatic carbocycles. The highest BCUT2D eigenvalue weighted by Gasteiger charge is 2.17. The number of aromatic nitrogens is 5. The van der Waals surface area contributed by atoms with Gasteiger partial charge in [-0.05, 0) is 68.5 Å². The fraction of sp³-hybridized carbons (Fsp3) is 0.0328. The van der Waals surface area contributed by atoms with Gasteiger partial charge in [0.15, 0.2) is 17.5 Å². The molecule has 6 nitrogen and oxygen atoms in total. The second-order valence-electron chi connectivity index (χ2n) is 16.8. The zero-order valence-electron chi connectivity index (χ0n) is 36.8. The second-order valence-corrected chi connectivity index (χ2v) is 16.8. The molecule has 67 heavy (non-hydrogen) atoms. The van der Waals surface area contributed by atoms with Gasteiger partial charge in [-0.25, -0.2) is 19.9 Å². The number of nitrogens with two attached hydrogens (primary N) is 1. The van der Waals surface area contributed by atoms with Crippen LogP contribution in [-0.4, -0.2) is 24.9 Å². The van der Waals surface area contributed by atoms with Crippen molar-refractivity contribution in [2.24, 2.45) is 0 Å². The molecule has 11 aromatic rings. The van der Waals surface area contributed by atoms with E-state index in [0.717, 1.165) is 88.6 Å². The number of nitrogen functional groups attached to an aromatic ring is 1. The van der Waals surface area contributed by atoms with Crippen molar-refractivity contribution in [1.29, 1.82) is 0 Å². The molecule has 8 aromatic carbocycles. The van der Waals surface area contributed by atoms with E-state index >= 15 is 0 Å². The summed E-state index contributed by atoms with van der Waals surface area (Å²) in [6.07, 6.45) is 6.07. The van der Waals surface area contributed by atoms with Crippen molar-refractivity contribution >= 4 is 32.9 Å². The molecule has 3 aromatic heterocycles. The molecule has 0 fully saturated rings. The number of benzene rings is 8. The Morgan fingerprint density at radius 2 is 1.03 bits per heavy atom.